The standard InChI is InChI=1S/C10H14BrNO2S/c1-3-7-12(2)15(13,14)10-6-4-5-9(11)8-10/h4-6,8H,3,7H2,1-2H3. The summed E-state index contributed by atoms with van der Waals surface area (Å²) in [7, 11) is -1.72. The lowest BCUT2D eigenvalue weighted by Gasteiger charge is -2.16. The van der Waals surface area contributed by atoms with Gasteiger partial charge in [-0.1, -0.05) is 28.9 Å². The van der Waals surface area contributed by atoms with Gasteiger partial charge in [-0.25, -0.2) is 12.7 Å². The fourth-order valence-corrected chi connectivity index (χ4v) is 3.10. The van der Waals surface area contributed by atoms with Crippen molar-refractivity contribution in [1.82, 2.24) is 4.31 Å². The van der Waals surface area contributed by atoms with Gasteiger partial charge in [0, 0.05) is 18.1 Å². The van der Waals surface area contributed by atoms with Crippen molar-refractivity contribution in [3.05, 3.63) is 28.7 Å². The first-order chi connectivity index (χ1) is 6.98. The Labute approximate surface area is 99.3 Å². The number of sulfonamides is 1. The van der Waals surface area contributed by atoms with E-state index in [4.69, 9.17) is 0 Å². The predicted molar refractivity (Wildman–Crippen MR) is 64.2 cm³/mol. The number of halogens is 1. The maximum atomic E-state index is 12.0. The fourth-order valence-electron chi connectivity index (χ4n) is 1.24. The summed E-state index contributed by atoms with van der Waals surface area (Å²) in [6, 6.07) is 6.74. The van der Waals surface area contributed by atoms with Gasteiger partial charge in [-0.3, -0.25) is 0 Å². The van der Waals surface area contributed by atoms with Crippen LogP contribution < -0.4 is 0 Å². The lowest BCUT2D eigenvalue weighted by atomic mass is 10.4. The molecule has 0 aliphatic carbocycles. The zero-order valence-corrected chi connectivity index (χ0v) is 11.2. The second-order valence-electron chi connectivity index (χ2n) is 3.28. The van der Waals surface area contributed by atoms with E-state index in [1.165, 1.54) is 4.31 Å². The van der Waals surface area contributed by atoms with Crippen LogP contribution in [0.25, 0.3) is 0 Å². The number of hydrogen-bond donors (Lipinski definition) is 0. The van der Waals surface area contributed by atoms with Crippen molar-refractivity contribution >= 4 is 26.0 Å². The molecule has 84 valence electrons. The molecular weight excluding hydrogens is 278 g/mol. The van der Waals surface area contributed by atoms with Crippen molar-refractivity contribution in [1.29, 1.82) is 0 Å². The molecule has 1 aromatic carbocycles. The van der Waals surface area contributed by atoms with Gasteiger partial charge in [0.05, 0.1) is 4.90 Å². The quantitative estimate of drug-likeness (QED) is 0.855. The molecule has 0 aromatic heterocycles. The van der Waals surface area contributed by atoms with Crippen molar-refractivity contribution in [3.63, 3.8) is 0 Å². The van der Waals surface area contributed by atoms with Crippen LogP contribution in [0.1, 0.15) is 13.3 Å². The summed E-state index contributed by atoms with van der Waals surface area (Å²) in [6.07, 6.45) is 0.809. The van der Waals surface area contributed by atoms with Crippen molar-refractivity contribution < 1.29 is 8.42 Å². The Morgan fingerprint density at radius 1 is 1.40 bits per heavy atom. The van der Waals surface area contributed by atoms with Crippen LogP contribution in [0.4, 0.5) is 0 Å². The molecule has 0 aliphatic rings. The molecule has 1 rings (SSSR count). The van der Waals surface area contributed by atoms with Crippen molar-refractivity contribution in [2.75, 3.05) is 13.6 Å². The Morgan fingerprint density at radius 3 is 2.60 bits per heavy atom. The summed E-state index contributed by atoms with van der Waals surface area (Å²) < 4.78 is 26.1. The van der Waals surface area contributed by atoms with Gasteiger partial charge in [-0.2, -0.15) is 0 Å². The average Bonchev–Trinajstić information content (AvgIpc) is 2.18. The largest absolute Gasteiger partial charge is 0.242 e. The Kier molecular flexibility index (Phi) is 4.31. The van der Waals surface area contributed by atoms with Crippen molar-refractivity contribution in [3.8, 4) is 0 Å². The number of benzene rings is 1. The van der Waals surface area contributed by atoms with E-state index < -0.39 is 10.0 Å². The normalized spacial score (nSPS) is 12.0. The first kappa shape index (κ1) is 12.7. The predicted octanol–water partition coefficient (Wildman–Crippen LogP) is 2.48. The molecule has 0 radical (unpaired) electrons. The highest BCUT2D eigenvalue weighted by atomic mass is 79.9. The molecule has 0 N–H and O–H groups in total. The van der Waals surface area contributed by atoms with Crippen molar-refractivity contribution in [2.45, 2.75) is 18.2 Å². The molecule has 0 unspecified atom stereocenters. The molecule has 0 bridgehead atoms. The van der Waals surface area contributed by atoms with Gasteiger partial charge in [-0.15, -0.1) is 0 Å². The lowest BCUT2D eigenvalue weighted by Crippen LogP contribution is -2.27. The van der Waals surface area contributed by atoms with E-state index in [0.29, 0.717) is 11.4 Å². The maximum absolute atomic E-state index is 12.0. The minimum atomic E-state index is -3.32. The third-order valence-corrected chi connectivity index (χ3v) is 4.39. The molecule has 0 heterocycles. The molecule has 0 spiro atoms. The van der Waals surface area contributed by atoms with Crippen LogP contribution >= 0.6 is 15.9 Å². The van der Waals surface area contributed by atoms with E-state index in [-0.39, 0.29) is 0 Å². The number of hydrogen-bond acceptors (Lipinski definition) is 2. The van der Waals surface area contributed by atoms with Gasteiger partial charge < -0.3 is 0 Å². The highest BCUT2D eigenvalue weighted by Gasteiger charge is 2.19. The molecule has 0 saturated carbocycles. The summed E-state index contributed by atoms with van der Waals surface area (Å²) >= 11 is 3.26. The monoisotopic (exact) mass is 291 g/mol. The number of nitrogens with zero attached hydrogens (tertiary/aromatic N) is 1. The van der Waals surface area contributed by atoms with Gasteiger partial charge in [-0.05, 0) is 24.6 Å². The van der Waals surface area contributed by atoms with Gasteiger partial charge in [0.2, 0.25) is 10.0 Å². The molecule has 0 saturated heterocycles. The summed E-state index contributed by atoms with van der Waals surface area (Å²) in [5.41, 5.74) is 0. The summed E-state index contributed by atoms with van der Waals surface area (Å²) in [5, 5.41) is 0. The van der Waals surface area contributed by atoms with Gasteiger partial charge in [0.25, 0.3) is 0 Å². The third kappa shape index (κ3) is 3.03. The highest BCUT2D eigenvalue weighted by molar-refractivity contribution is 9.10. The van der Waals surface area contributed by atoms with Crippen LogP contribution in [0.15, 0.2) is 33.6 Å². The van der Waals surface area contributed by atoms with Gasteiger partial charge >= 0.3 is 0 Å². The Balaban J connectivity index is 3.06. The molecule has 0 fully saturated rings. The third-order valence-electron chi connectivity index (χ3n) is 2.04. The summed E-state index contributed by atoms with van der Waals surface area (Å²) in [5.74, 6) is 0. The maximum Gasteiger partial charge on any atom is 0.242 e. The van der Waals surface area contributed by atoms with Crippen LogP contribution in [0.5, 0.6) is 0 Å². The SMILES string of the molecule is CCCN(C)S(=O)(=O)c1cccc(Br)c1. The zero-order chi connectivity index (χ0) is 11.5. The van der Waals surface area contributed by atoms with E-state index in [1.54, 1.807) is 31.3 Å². The molecular formula is C10H14BrNO2S. The highest BCUT2D eigenvalue weighted by Crippen LogP contribution is 2.18. The lowest BCUT2D eigenvalue weighted by molar-refractivity contribution is 0.468. The van der Waals surface area contributed by atoms with Crippen LogP contribution in [0.2, 0.25) is 0 Å². The van der Waals surface area contributed by atoms with E-state index in [9.17, 15) is 8.42 Å². The van der Waals surface area contributed by atoms with Gasteiger partial charge in [0.15, 0.2) is 0 Å². The first-order valence-corrected chi connectivity index (χ1v) is 6.93. The zero-order valence-electron chi connectivity index (χ0n) is 8.77. The second-order valence-corrected chi connectivity index (χ2v) is 6.24. The molecule has 15 heavy (non-hydrogen) atoms. The summed E-state index contributed by atoms with van der Waals surface area (Å²) in [6.45, 7) is 2.49. The van der Waals surface area contributed by atoms with Crippen molar-refractivity contribution in [2.24, 2.45) is 0 Å². The Morgan fingerprint density at radius 2 is 2.07 bits per heavy atom. The topological polar surface area (TPSA) is 37.4 Å². The van der Waals surface area contributed by atoms with Crippen LogP contribution in [-0.2, 0) is 10.0 Å². The Bertz CT molecular complexity index is 431. The summed E-state index contributed by atoms with van der Waals surface area (Å²) in [4.78, 5) is 0.327. The minimum Gasteiger partial charge on any atom is -0.207 e. The molecule has 0 atom stereocenters. The molecule has 3 nitrogen and oxygen atoms in total. The first-order valence-electron chi connectivity index (χ1n) is 4.70. The van der Waals surface area contributed by atoms with E-state index >= 15 is 0 Å². The minimum absolute atomic E-state index is 0.327. The van der Waals surface area contributed by atoms with Crippen LogP contribution in [0, 0.1) is 0 Å². The molecule has 0 aliphatic heterocycles. The molecule has 1 aromatic rings. The second kappa shape index (κ2) is 5.09. The molecule has 5 heteroatoms. The average molecular weight is 292 g/mol. The van der Waals surface area contributed by atoms with E-state index in [2.05, 4.69) is 15.9 Å². The van der Waals surface area contributed by atoms with E-state index in [1.807, 2.05) is 6.92 Å². The Hall–Kier alpha value is -0.390. The van der Waals surface area contributed by atoms with E-state index in [0.717, 1.165) is 10.9 Å². The number of rotatable bonds is 4. The molecule has 0 amide bonds. The van der Waals surface area contributed by atoms with Crippen LogP contribution in [0.3, 0.4) is 0 Å². The smallest absolute Gasteiger partial charge is 0.207 e. The van der Waals surface area contributed by atoms with Crippen LogP contribution in [-0.4, -0.2) is 26.3 Å². The van der Waals surface area contributed by atoms with Gasteiger partial charge in [0.1, 0.15) is 0 Å². The fraction of sp³-hybridized carbons (Fsp3) is 0.400.